The highest BCUT2D eigenvalue weighted by Crippen LogP contribution is 2.32. The molecule has 6 nitrogen and oxygen atoms in total. The molecule has 0 bridgehead atoms. The average molecular weight is 512 g/mol. The summed E-state index contributed by atoms with van der Waals surface area (Å²) < 4.78 is 11.7. The smallest absolute Gasteiger partial charge is 0.230 e. The van der Waals surface area contributed by atoms with Crippen LogP contribution in [0.15, 0.2) is 48.7 Å². The lowest BCUT2D eigenvalue weighted by atomic mass is 10.0. The summed E-state index contributed by atoms with van der Waals surface area (Å²) in [4.78, 5) is 19.1. The number of allylic oxidation sites excluding steroid dienone is 1. The minimum Gasteiger partial charge on any atom is -0.494 e. The van der Waals surface area contributed by atoms with E-state index < -0.39 is 0 Å². The van der Waals surface area contributed by atoms with Gasteiger partial charge in [-0.15, -0.1) is 0 Å². The number of carbonyl (C=O) groups is 1. The van der Waals surface area contributed by atoms with Crippen molar-refractivity contribution in [2.24, 2.45) is 0 Å². The number of hydrogen-bond acceptors (Lipinski definition) is 5. The number of unbranched alkanes of at least 4 members (excludes halogenated alkanes) is 1. The van der Waals surface area contributed by atoms with Crippen molar-refractivity contribution in [2.75, 3.05) is 55.9 Å². The summed E-state index contributed by atoms with van der Waals surface area (Å²) in [5, 5.41) is 0.872. The molecule has 0 aromatic heterocycles. The van der Waals surface area contributed by atoms with Gasteiger partial charge in [0.15, 0.2) is 6.73 Å². The van der Waals surface area contributed by atoms with Gasteiger partial charge in [-0.05, 0) is 56.0 Å². The normalized spacial score (nSPS) is 16.1. The quantitative estimate of drug-likeness (QED) is 0.281. The number of carbonyl (C=O) groups excluding carboxylic acids is 1. The fraction of sp³-hybridized carbons (Fsp3) is 0.483. The maximum atomic E-state index is 12.5. The Morgan fingerprint density at radius 1 is 1.06 bits per heavy atom. The number of anilines is 2. The summed E-state index contributed by atoms with van der Waals surface area (Å²) in [6.07, 6.45) is 4.07. The van der Waals surface area contributed by atoms with Crippen molar-refractivity contribution >= 4 is 28.9 Å². The molecule has 2 aromatic carbocycles. The third-order valence-corrected chi connectivity index (χ3v) is 7.56. The van der Waals surface area contributed by atoms with Crippen molar-refractivity contribution in [3.63, 3.8) is 0 Å². The van der Waals surface area contributed by atoms with Gasteiger partial charge in [-0.25, -0.2) is 0 Å². The predicted molar refractivity (Wildman–Crippen MR) is 147 cm³/mol. The number of halogens is 1. The number of benzene rings is 2. The Bertz CT molecular complexity index is 1070. The summed E-state index contributed by atoms with van der Waals surface area (Å²) >= 11 is 6.52. The van der Waals surface area contributed by atoms with Gasteiger partial charge in [0, 0.05) is 45.1 Å². The zero-order valence-electron chi connectivity index (χ0n) is 21.6. The van der Waals surface area contributed by atoms with Crippen LogP contribution in [0.4, 0.5) is 11.4 Å². The Morgan fingerprint density at radius 2 is 1.86 bits per heavy atom. The Labute approximate surface area is 220 Å². The maximum absolute atomic E-state index is 12.5. The third-order valence-electron chi connectivity index (χ3n) is 7.07. The topological polar surface area (TPSA) is 45.2 Å². The van der Waals surface area contributed by atoms with Crippen LogP contribution < -0.4 is 14.5 Å². The molecule has 2 heterocycles. The lowest BCUT2D eigenvalue weighted by Crippen LogP contribution is -2.46. The molecule has 0 radical (unpaired) electrons. The maximum Gasteiger partial charge on any atom is 0.230 e. The first-order valence-corrected chi connectivity index (χ1v) is 13.4. The fourth-order valence-corrected chi connectivity index (χ4v) is 4.97. The highest BCUT2D eigenvalue weighted by molar-refractivity contribution is 6.34. The van der Waals surface area contributed by atoms with E-state index in [-0.39, 0.29) is 12.6 Å². The minimum absolute atomic E-state index is 0.0771. The molecular formula is C29H38ClN3O3. The Morgan fingerprint density at radius 3 is 2.64 bits per heavy atom. The van der Waals surface area contributed by atoms with E-state index in [1.54, 1.807) is 4.90 Å². The number of ether oxygens (including phenoxy) is 2. The molecular weight excluding hydrogens is 474 g/mol. The van der Waals surface area contributed by atoms with Gasteiger partial charge in [0.25, 0.3) is 0 Å². The van der Waals surface area contributed by atoms with Crippen LogP contribution in [0.2, 0.25) is 5.02 Å². The highest BCUT2D eigenvalue weighted by Gasteiger charge is 2.25. The number of fused-ring (bicyclic) bond motifs is 1. The molecule has 36 heavy (non-hydrogen) atoms. The van der Waals surface area contributed by atoms with Gasteiger partial charge in [-0.2, -0.15) is 0 Å². The number of hydrogen-bond donors (Lipinski definition) is 0. The fourth-order valence-electron chi connectivity index (χ4n) is 4.72. The summed E-state index contributed by atoms with van der Waals surface area (Å²) in [5.41, 5.74) is 4.32. The Balaban J connectivity index is 1.20. The van der Waals surface area contributed by atoms with Crippen molar-refractivity contribution in [1.29, 1.82) is 0 Å². The van der Waals surface area contributed by atoms with Crippen molar-refractivity contribution < 1.29 is 14.3 Å². The van der Waals surface area contributed by atoms with Gasteiger partial charge in [0.1, 0.15) is 5.75 Å². The zero-order valence-corrected chi connectivity index (χ0v) is 22.4. The number of amides is 1. The van der Waals surface area contributed by atoms with Crippen LogP contribution in [-0.2, 0) is 16.0 Å². The lowest BCUT2D eigenvalue weighted by Gasteiger charge is -2.36. The molecule has 1 fully saturated rings. The first kappa shape index (κ1) is 26.4. The first-order valence-electron chi connectivity index (χ1n) is 13.1. The number of rotatable bonds is 11. The molecule has 7 heteroatoms. The van der Waals surface area contributed by atoms with Gasteiger partial charge >= 0.3 is 0 Å². The molecule has 0 N–H and O–H groups in total. The molecule has 0 spiro atoms. The molecule has 0 unspecified atom stereocenters. The SMILES string of the molecule is C=C(CC)OCN1C(=O)CCc2ccc(OCCCCN3CCN(c4cccc(C)c4Cl)CC3)cc21. The summed E-state index contributed by atoms with van der Waals surface area (Å²) in [7, 11) is 0. The molecule has 1 saturated heterocycles. The van der Waals surface area contributed by atoms with E-state index in [2.05, 4.69) is 47.6 Å². The summed E-state index contributed by atoms with van der Waals surface area (Å²) in [6.45, 7) is 14.0. The van der Waals surface area contributed by atoms with Gasteiger partial charge < -0.3 is 14.4 Å². The molecule has 194 valence electrons. The third kappa shape index (κ3) is 6.54. The Kier molecular flexibility index (Phi) is 9.16. The van der Waals surface area contributed by atoms with Crippen LogP contribution in [0.1, 0.15) is 43.7 Å². The largest absolute Gasteiger partial charge is 0.494 e. The monoisotopic (exact) mass is 511 g/mol. The van der Waals surface area contributed by atoms with E-state index in [0.29, 0.717) is 18.8 Å². The van der Waals surface area contributed by atoms with Crippen LogP contribution >= 0.6 is 11.6 Å². The van der Waals surface area contributed by atoms with Crippen LogP contribution in [0, 0.1) is 6.92 Å². The highest BCUT2D eigenvalue weighted by atomic mass is 35.5. The van der Waals surface area contributed by atoms with Crippen LogP contribution in [0.25, 0.3) is 0 Å². The molecule has 4 rings (SSSR count). The van der Waals surface area contributed by atoms with Gasteiger partial charge in [0.2, 0.25) is 5.91 Å². The van der Waals surface area contributed by atoms with Crippen LogP contribution in [0.5, 0.6) is 5.75 Å². The number of piperazine rings is 1. The summed E-state index contributed by atoms with van der Waals surface area (Å²) in [5.74, 6) is 1.56. The minimum atomic E-state index is 0.0771. The second kappa shape index (κ2) is 12.5. The van der Waals surface area contributed by atoms with Crippen molar-refractivity contribution in [3.05, 3.63) is 64.9 Å². The van der Waals surface area contributed by atoms with Crippen molar-refractivity contribution in [3.8, 4) is 5.75 Å². The van der Waals surface area contributed by atoms with Gasteiger partial charge in [-0.3, -0.25) is 14.6 Å². The molecule has 0 saturated carbocycles. The summed E-state index contributed by atoms with van der Waals surface area (Å²) in [6, 6.07) is 12.3. The van der Waals surface area contributed by atoms with Crippen molar-refractivity contribution in [2.45, 2.75) is 46.0 Å². The second-order valence-corrected chi connectivity index (χ2v) is 9.95. The first-order chi connectivity index (χ1) is 17.5. The Hall–Kier alpha value is -2.70. The molecule has 2 aromatic rings. The molecule has 2 aliphatic heterocycles. The van der Waals surface area contributed by atoms with Gasteiger partial charge in [0.05, 0.1) is 28.8 Å². The van der Waals surface area contributed by atoms with Crippen LogP contribution in [0.3, 0.4) is 0 Å². The zero-order chi connectivity index (χ0) is 25.5. The standard InChI is InChI=1S/C29H38ClN3O3/c1-4-23(3)36-21-33-27-20-25(12-10-24(27)11-13-28(33)34)35-19-6-5-14-31-15-17-32(18-16-31)26-9-7-8-22(2)29(26)30/h7-10,12,20H,3-6,11,13-19,21H2,1-2H3. The van der Waals surface area contributed by atoms with Gasteiger partial charge in [-0.1, -0.05) is 43.3 Å². The second-order valence-electron chi connectivity index (χ2n) is 9.57. The van der Waals surface area contributed by atoms with E-state index in [1.807, 2.05) is 19.1 Å². The van der Waals surface area contributed by atoms with E-state index in [9.17, 15) is 4.79 Å². The molecule has 0 aliphatic carbocycles. The average Bonchev–Trinajstić information content (AvgIpc) is 2.89. The predicted octanol–water partition coefficient (Wildman–Crippen LogP) is 5.81. The van der Waals surface area contributed by atoms with E-state index in [4.69, 9.17) is 21.1 Å². The number of nitrogens with zero attached hydrogens (tertiary/aromatic N) is 3. The molecule has 0 atom stereocenters. The van der Waals surface area contributed by atoms with E-state index in [0.717, 1.165) is 91.7 Å². The molecule has 2 aliphatic rings. The lowest BCUT2D eigenvalue weighted by molar-refractivity contribution is -0.119. The van der Waals surface area contributed by atoms with E-state index in [1.165, 1.54) is 0 Å². The van der Waals surface area contributed by atoms with Crippen molar-refractivity contribution in [1.82, 2.24) is 4.90 Å². The van der Waals surface area contributed by atoms with Crippen LogP contribution in [-0.4, -0.2) is 56.9 Å². The molecule has 1 amide bonds. The number of aryl methyl sites for hydroxylation is 2. The van der Waals surface area contributed by atoms with E-state index >= 15 is 0 Å².